The van der Waals surface area contributed by atoms with Crippen LogP contribution < -0.4 is 5.73 Å². The van der Waals surface area contributed by atoms with Gasteiger partial charge in [-0.25, -0.2) is 0 Å². The van der Waals surface area contributed by atoms with Crippen LogP contribution in [0.15, 0.2) is 29.4 Å². The quantitative estimate of drug-likeness (QED) is 0.497. The zero-order chi connectivity index (χ0) is 14.5. The van der Waals surface area contributed by atoms with E-state index in [-0.39, 0.29) is 0 Å². The van der Waals surface area contributed by atoms with Crippen molar-refractivity contribution in [3.63, 3.8) is 0 Å². The van der Waals surface area contributed by atoms with Crippen molar-refractivity contribution >= 4 is 11.6 Å². The van der Waals surface area contributed by atoms with Crippen molar-refractivity contribution in [3.05, 3.63) is 30.2 Å². The Kier molecular flexibility index (Phi) is 4.30. The third kappa shape index (κ3) is 3.30. The number of rotatable bonds is 4. The van der Waals surface area contributed by atoms with E-state index in [1.165, 1.54) is 0 Å². The maximum absolute atomic E-state index is 5.99. The highest BCUT2D eigenvalue weighted by atomic mass is 16.5. The van der Waals surface area contributed by atoms with Crippen molar-refractivity contribution in [2.45, 2.75) is 12.8 Å². The highest BCUT2D eigenvalue weighted by Gasteiger charge is 2.11. The van der Waals surface area contributed by atoms with Gasteiger partial charge in [-0.15, -0.1) is 10.2 Å². The van der Waals surface area contributed by atoms with E-state index in [1.807, 2.05) is 28.8 Å². The number of ether oxygens (including phenoxy) is 1. The molecule has 0 spiro atoms. The molecule has 0 aromatic carbocycles. The molecule has 0 aliphatic carbocycles. The maximum Gasteiger partial charge on any atom is 0.191 e. The SMILES string of the molecule is NC(=NCCCc1nnc2ccccn12)N1CCOCC1. The molecule has 0 amide bonds. The normalized spacial score (nSPS) is 16.6. The molecular formula is C14H20N6O. The van der Waals surface area contributed by atoms with Crippen molar-refractivity contribution < 1.29 is 4.74 Å². The van der Waals surface area contributed by atoms with E-state index in [1.54, 1.807) is 0 Å². The van der Waals surface area contributed by atoms with Crippen LogP contribution >= 0.6 is 0 Å². The van der Waals surface area contributed by atoms with Gasteiger partial charge in [0.2, 0.25) is 0 Å². The van der Waals surface area contributed by atoms with E-state index in [2.05, 4.69) is 20.1 Å². The molecule has 2 aromatic rings. The lowest BCUT2D eigenvalue weighted by atomic mass is 10.3. The molecule has 21 heavy (non-hydrogen) atoms. The summed E-state index contributed by atoms with van der Waals surface area (Å²) in [6.07, 6.45) is 3.72. The second-order valence-electron chi connectivity index (χ2n) is 4.99. The first-order valence-corrected chi connectivity index (χ1v) is 7.26. The zero-order valence-electron chi connectivity index (χ0n) is 12.0. The van der Waals surface area contributed by atoms with Crippen LogP contribution in [-0.4, -0.2) is 58.3 Å². The van der Waals surface area contributed by atoms with Crippen LogP contribution in [0.1, 0.15) is 12.2 Å². The van der Waals surface area contributed by atoms with Gasteiger partial charge in [0.15, 0.2) is 11.6 Å². The van der Waals surface area contributed by atoms with Crippen LogP contribution in [0.4, 0.5) is 0 Å². The van der Waals surface area contributed by atoms with Gasteiger partial charge in [0, 0.05) is 32.3 Å². The van der Waals surface area contributed by atoms with Gasteiger partial charge in [-0.3, -0.25) is 9.39 Å². The Hall–Kier alpha value is -2.15. The third-order valence-corrected chi connectivity index (χ3v) is 3.55. The Morgan fingerprint density at radius 3 is 3.00 bits per heavy atom. The Labute approximate surface area is 123 Å². The van der Waals surface area contributed by atoms with Gasteiger partial charge >= 0.3 is 0 Å². The number of aryl methyl sites for hydroxylation is 1. The van der Waals surface area contributed by atoms with Gasteiger partial charge < -0.3 is 15.4 Å². The molecule has 7 nitrogen and oxygen atoms in total. The van der Waals surface area contributed by atoms with E-state index in [0.29, 0.717) is 12.5 Å². The van der Waals surface area contributed by atoms with Crippen molar-refractivity contribution in [2.75, 3.05) is 32.8 Å². The van der Waals surface area contributed by atoms with Gasteiger partial charge in [-0.05, 0) is 18.6 Å². The lowest BCUT2D eigenvalue weighted by molar-refractivity contribution is 0.0674. The van der Waals surface area contributed by atoms with Crippen molar-refractivity contribution in [3.8, 4) is 0 Å². The molecule has 1 aliphatic heterocycles. The number of morpholine rings is 1. The van der Waals surface area contributed by atoms with E-state index in [9.17, 15) is 0 Å². The summed E-state index contributed by atoms with van der Waals surface area (Å²) in [5.41, 5.74) is 6.86. The molecule has 1 fully saturated rings. The fraction of sp³-hybridized carbons (Fsp3) is 0.500. The van der Waals surface area contributed by atoms with Crippen LogP contribution in [0, 0.1) is 0 Å². The predicted molar refractivity (Wildman–Crippen MR) is 80.2 cm³/mol. The summed E-state index contributed by atoms with van der Waals surface area (Å²) < 4.78 is 7.30. The van der Waals surface area contributed by atoms with Crippen molar-refractivity contribution in [1.29, 1.82) is 0 Å². The average molecular weight is 288 g/mol. The molecule has 0 radical (unpaired) electrons. The minimum Gasteiger partial charge on any atom is -0.378 e. The van der Waals surface area contributed by atoms with Gasteiger partial charge in [-0.1, -0.05) is 6.07 Å². The van der Waals surface area contributed by atoms with Crippen LogP contribution in [0.3, 0.4) is 0 Å². The van der Waals surface area contributed by atoms with Gasteiger partial charge in [0.1, 0.15) is 5.82 Å². The predicted octanol–water partition coefficient (Wildman–Crippen LogP) is 0.309. The Morgan fingerprint density at radius 1 is 1.29 bits per heavy atom. The molecule has 112 valence electrons. The Balaban J connectivity index is 1.51. The van der Waals surface area contributed by atoms with Crippen LogP contribution in [-0.2, 0) is 11.2 Å². The maximum atomic E-state index is 5.99. The Bertz CT molecular complexity index is 617. The lowest BCUT2D eigenvalue weighted by Crippen LogP contribution is -2.44. The highest BCUT2D eigenvalue weighted by Crippen LogP contribution is 2.05. The first kappa shape index (κ1) is 13.8. The molecule has 0 unspecified atom stereocenters. The smallest absolute Gasteiger partial charge is 0.191 e. The number of fused-ring (bicyclic) bond motifs is 1. The molecular weight excluding hydrogens is 268 g/mol. The number of nitrogens with two attached hydrogens (primary N) is 1. The number of aliphatic imine (C=N–C) groups is 1. The molecule has 3 heterocycles. The number of guanidine groups is 1. The topological polar surface area (TPSA) is 81.0 Å². The number of hydrogen-bond donors (Lipinski definition) is 1. The molecule has 0 saturated carbocycles. The molecule has 2 N–H and O–H groups in total. The highest BCUT2D eigenvalue weighted by molar-refractivity contribution is 5.78. The number of nitrogens with zero attached hydrogens (tertiary/aromatic N) is 5. The number of hydrogen-bond acceptors (Lipinski definition) is 4. The van der Waals surface area contributed by atoms with Crippen LogP contribution in [0.25, 0.3) is 5.65 Å². The first-order chi connectivity index (χ1) is 10.3. The molecule has 0 atom stereocenters. The van der Waals surface area contributed by atoms with Crippen molar-refractivity contribution in [2.24, 2.45) is 10.7 Å². The summed E-state index contributed by atoms with van der Waals surface area (Å²) in [6, 6.07) is 5.89. The summed E-state index contributed by atoms with van der Waals surface area (Å²) >= 11 is 0. The van der Waals surface area contributed by atoms with Crippen molar-refractivity contribution in [1.82, 2.24) is 19.5 Å². The molecule has 1 aliphatic rings. The van der Waals surface area contributed by atoms with E-state index >= 15 is 0 Å². The molecule has 3 rings (SSSR count). The van der Waals surface area contributed by atoms with Gasteiger partial charge in [0.25, 0.3) is 0 Å². The number of aromatic nitrogens is 3. The largest absolute Gasteiger partial charge is 0.378 e. The summed E-state index contributed by atoms with van der Waals surface area (Å²) in [7, 11) is 0. The standard InChI is InChI=1S/C14H20N6O/c15-14(19-8-10-21-11-9-19)16-6-3-5-13-18-17-12-4-1-2-7-20(12)13/h1-2,4,7H,3,5-6,8-11H2,(H2,15,16). The molecule has 0 bridgehead atoms. The summed E-state index contributed by atoms with van der Waals surface area (Å²) in [5, 5.41) is 8.34. The van der Waals surface area contributed by atoms with E-state index in [4.69, 9.17) is 10.5 Å². The van der Waals surface area contributed by atoms with E-state index < -0.39 is 0 Å². The molecule has 7 heteroatoms. The molecule has 1 saturated heterocycles. The number of pyridine rings is 1. The minimum atomic E-state index is 0.615. The Morgan fingerprint density at radius 2 is 2.14 bits per heavy atom. The summed E-state index contributed by atoms with van der Waals surface area (Å²) in [4.78, 5) is 6.50. The van der Waals surface area contributed by atoms with Crippen LogP contribution in [0.5, 0.6) is 0 Å². The third-order valence-electron chi connectivity index (χ3n) is 3.55. The minimum absolute atomic E-state index is 0.615. The summed E-state index contributed by atoms with van der Waals surface area (Å²) in [5.74, 6) is 1.58. The van der Waals surface area contributed by atoms with Gasteiger partial charge in [0.05, 0.1) is 13.2 Å². The van der Waals surface area contributed by atoms with E-state index in [0.717, 1.165) is 50.6 Å². The lowest BCUT2D eigenvalue weighted by Gasteiger charge is -2.27. The fourth-order valence-electron chi connectivity index (χ4n) is 2.38. The second kappa shape index (κ2) is 6.53. The monoisotopic (exact) mass is 288 g/mol. The zero-order valence-corrected chi connectivity index (χ0v) is 12.0. The fourth-order valence-corrected chi connectivity index (χ4v) is 2.38. The van der Waals surface area contributed by atoms with Gasteiger partial charge in [-0.2, -0.15) is 0 Å². The average Bonchev–Trinajstić information content (AvgIpc) is 2.95. The molecule has 2 aromatic heterocycles. The van der Waals surface area contributed by atoms with Crippen LogP contribution in [0.2, 0.25) is 0 Å². The first-order valence-electron chi connectivity index (χ1n) is 7.26. The summed E-state index contributed by atoms with van der Waals surface area (Å²) in [6.45, 7) is 3.79. The second-order valence-corrected chi connectivity index (χ2v) is 4.99.